The summed E-state index contributed by atoms with van der Waals surface area (Å²) in [6, 6.07) is 4.20. The molecule has 0 aliphatic carbocycles. The number of carbonyl (C=O) groups excluding carboxylic acids is 2. The molecule has 0 N–H and O–H groups in total. The number of rotatable bonds is 6. The van der Waals surface area contributed by atoms with Crippen molar-refractivity contribution in [3.8, 4) is 0 Å². The van der Waals surface area contributed by atoms with Gasteiger partial charge in [0.05, 0.1) is 27.1 Å². The van der Waals surface area contributed by atoms with Crippen LogP contribution in [0.3, 0.4) is 0 Å². The molecule has 0 radical (unpaired) electrons. The summed E-state index contributed by atoms with van der Waals surface area (Å²) in [4.78, 5) is 26.3. The molecule has 1 aromatic carbocycles. The van der Waals surface area contributed by atoms with E-state index in [9.17, 15) is 18.0 Å². The largest absolute Gasteiger partial charge is 0.452 e. The lowest BCUT2D eigenvalue weighted by atomic mass is 10.1. The van der Waals surface area contributed by atoms with Crippen LogP contribution in [-0.4, -0.2) is 55.9 Å². The Bertz CT molecular complexity index is 774. The van der Waals surface area contributed by atoms with Gasteiger partial charge in [0.15, 0.2) is 16.4 Å². The van der Waals surface area contributed by atoms with E-state index in [0.717, 1.165) is 0 Å². The first-order valence-electron chi connectivity index (χ1n) is 8.21. The molecule has 0 saturated carbocycles. The van der Waals surface area contributed by atoms with Crippen LogP contribution in [-0.2, 0) is 19.4 Å². The van der Waals surface area contributed by atoms with Crippen molar-refractivity contribution in [1.29, 1.82) is 0 Å². The van der Waals surface area contributed by atoms with Gasteiger partial charge in [-0.25, -0.2) is 13.2 Å². The molecule has 1 amide bonds. The van der Waals surface area contributed by atoms with E-state index >= 15 is 0 Å². The van der Waals surface area contributed by atoms with Gasteiger partial charge in [-0.2, -0.15) is 0 Å². The SMILES string of the molecule is CC(C)CN(C(=O)COC(=O)c1c(Cl)cccc1Cl)C1CCS(=O)(=O)C1. The van der Waals surface area contributed by atoms with Gasteiger partial charge in [-0.1, -0.05) is 43.1 Å². The topological polar surface area (TPSA) is 80.8 Å². The molecule has 1 saturated heterocycles. The predicted octanol–water partition coefficient (Wildman–Crippen LogP) is 2.82. The Morgan fingerprint density at radius 2 is 1.88 bits per heavy atom. The summed E-state index contributed by atoms with van der Waals surface area (Å²) in [6.07, 6.45) is 0.394. The summed E-state index contributed by atoms with van der Waals surface area (Å²) in [6.45, 7) is 3.76. The van der Waals surface area contributed by atoms with Gasteiger partial charge in [0.25, 0.3) is 5.91 Å². The number of sulfone groups is 1. The molecule has 1 heterocycles. The van der Waals surface area contributed by atoms with Gasteiger partial charge in [0.1, 0.15) is 0 Å². The Morgan fingerprint density at radius 1 is 1.27 bits per heavy atom. The van der Waals surface area contributed by atoms with Crippen molar-refractivity contribution in [3.63, 3.8) is 0 Å². The highest BCUT2D eigenvalue weighted by Gasteiger charge is 2.35. The Hall–Kier alpha value is -1.31. The van der Waals surface area contributed by atoms with Crippen LogP contribution < -0.4 is 0 Å². The standard InChI is InChI=1S/C17H21Cl2NO5S/c1-11(2)8-20(12-6-7-26(23,24)10-12)15(21)9-25-17(22)16-13(18)4-3-5-14(16)19/h3-5,11-12H,6-10H2,1-2H3. The summed E-state index contributed by atoms with van der Waals surface area (Å²) in [5.41, 5.74) is 0.00230. The molecule has 0 aromatic heterocycles. The number of carbonyl (C=O) groups is 2. The van der Waals surface area contributed by atoms with Crippen LogP contribution in [0.25, 0.3) is 0 Å². The van der Waals surface area contributed by atoms with Crippen LogP contribution in [0.1, 0.15) is 30.6 Å². The molecule has 144 valence electrons. The molecule has 9 heteroatoms. The summed E-state index contributed by atoms with van der Waals surface area (Å²) in [5, 5.41) is 0.270. The van der Waals surface area contributed by atoms with Crippen molar-refractivity contribution >= 4 is 44.9 Å². The zero-order valence-electron chi connectivity index (χ0n) is 14.6. The molecule has 2 rings (SSSR count). The molecule has 26 heavy (non-hydrogen) atoms. The average Bonchev–Trinajstić information content (AvgIpc) is 2.89. The van der Waals surface area contributed by atoms with Crippen molar-refractivity contribution in [2.45, 2.75) is 26.3 Å². The lowest BCUT2D eigenvalue weighted by Crippen LogP contribution is -2.45. The fourth-order valence-electron chi connectivity index (χ4n) is 2.84. The summed E-state index contributed by atoms with van der Waals surface area (Å²) < 4.78 is 28.5. The van der Waals surface area contributed by atoms with E-state index in [1.54, 1.807) is 6.07 Å². The quantitative estimate of drug-likeness (QED) is 0.659. The second kappa shape index (κ2) is 8.59. The second-order valence-corrected chi connectivity index (χ2v) is 9.71. The number of hydrogen-bond acceptors (Lipinski definition) is 5. The van der Waals surface area contributed by atoms with E-state index in [1.807, 2.05) is 13.8 Å². The van der Waals surface area contributed by atoms with E-state index in [0.29, 0.717) is 13.0 Å². The molecule has 1 aliphatic rings. The molecule has 1 atom stereocenters. The van der Waals surface area contributed by atoms with Crippen molar-refractivity contribution in [2.24, 2.45) is 5.92 Å². The highest BCUT2D eigenvalue weighted by Crippen LogP contribution is 2.25. The zero-order chi connectivity index (χ0) is 19.5. The van der Waals surface area contributed by atoms with Gasteiger partial charge < -0.3 is 9.64 Å². The van der Waals surface area contributed by atoms with Gasteiger partial charge in [0, 0.05) is 12.6 Å². The molecule has 1 fully saturated rings. The van der Waals surface area contributed by atoms with Crippen LogP contribution in [0, 0.1) is 5.92 Å². The zero-order valence-corrected chi connectivity index (χ0v) is 16.9. The molecule has 6 nitrogen and oxygen atoms in total. The number of ether oxygens (including phenoxy) is 1. The fourth-order valence-corrected chi connectivity index (χ4v) is 5.13. The third kappa shape index (κ3) is 5.34. The number of halogens is 2. The maximum absolute atomic E-state index is 12.6. The van der Waals surface area contributed by atoms with Crippen LogP contribution in [0.15, 0.2) is 18.2 Å². The van der Waals surface area contributed by atoms with Gasteiger partial charge >= 0.3 is 5.97 Å². The van der Waals surface area contributed by atoms with E-state index < -0.39 is 34.4 Å². The normalized spacial score (nSPS) is 18.7. The van der Waals surface area contributed by atoms with Crippen molar-refractivity contribution in [1.82, 2.24) is 4.90 Å². The van der Waals surface area contributed by atoms with Crippen LogP contribution in [0.2, 0.25) is 10.0 Å². The van der Waals surface area contributed by atoms with Crippen LogP contribution >= 0.6 is 23.2 Å². The molecule has 1 unspecified atom stereocenters. The lowest BCUT2D eigenvalue weighted by Gasteiger charge is -2.29. The van der Waals surface area contributed by atoms with Gasteiger partial charge in [0.2, 0.25) is 0 Å². The third-order valence-corrected chi connectivity index (χ3v) is 6.41. The number of benzene rings is 1. The Balaban J connectivity index is 2.06. The van der Waals surface area contributed by atoms with Crippen LogP contribution in [0.4, 0.5) is 0 Å². The molecular weight excluding hydrogens is 401 g/mol. The summed E-state index contributed by atoms with van der Waals surface area (Å²) in [5.74, 6) is -1.07. The van der Waals surface area contributed by atoms with Crippen molar-refractivity contribution in [3.05, 3.63) is 33.8 Å². The number of hydrogen-bond donors (Lipinski definition) is 0. The van der Waals surface area contributed by atoms with Crippen LogP contribution in [0.5, 0.6) is 0 Å². The maximum Gasteiger partial charge on any atom is 0.341 e. The Morgan fingerprint density at radius 3 is 2.38 bits per heavy atom. The Kier molecular flexibility index (Phi) is 6.93. The highest BCUT2D eigenvalue weighted by molar-refractivity contribution is 7.91. The maximum atomic E-state index is 12.6. The summed E-state index contributed by atoms with van der Waals surface area (Å²) >= 11 is 11.9. The van der Waals surface area contributed by atoms with Crippen molar-refractivity contribution in [2.75, 3.05) is 24.7 Å². The van der Waals surface area contributed by atoms with E-state index in [-0.39, 0.29) is 33.0 Å². The lowest BCUT2D eigenvalue weighted by molar-refractivity contribution is -0.137. The van der Waals surface area contributed by atoms with E-state index in [2.05, 4.69) is 0 Å². The minimum atomic E-state index is -3.13. The van der Waals surface area contributed by atoms with E-state index in [1.165, 1.54) is 17.0 Å². The minimum Gasteiger partial charge on any atom is -0.452 e. The summed E-state index contributed by atoms with van der Waals surface area (Å²) in [7, 11) is -3.13. The third-order valence-electron chi connectivity index (χ3n) is 4.02. The Labute approximate surface area is 163 Å². The minimum absolute atomic E-state index is 0.00230. The number of esters is 1. The van der Waals surface area contributed by atoms with Crippen molar-refractivity contribution < 1.29 is 22.7 Å². The second-order valence-electron chi connectivity index (χ2n) is 6.67. The predicted molar refractivity (Wildman–Crippen MR) is 100 cm³/mol. The first-order chi connectivity index (χ1) is 12.1. The monoisotopic (exact) mass is 421 g/mol. The van der Waals surface area contributed by atoms with E-state index in [4.69, 9.17) is 27.9 Å². The first-order valence-corrected chi connectivity index (χ1v) is 10.8. The number of amides is 1. The number of nitrogens with zero attached hydrogens (tertiary/aromatic N) is 1. The highest BCUT2D eigenvalue weighted by atomic mass is 35.5. The van der Waals surface area contributed by atoms with Gasteiger partial charge in [-0.15, -0.1) is 0 Å². The fraction of sp³-hybridized carbons (Fsp3) is 0.529. The first kappa shape index (κ1) is 21.0. The van der Waals surface area contributed by atoms with Gasteiger partial charge in [-0.05, 0) is 24.5 Å². The molecule has 1 aromatic rings. The molecule has 1 aliphatic heterocycles. The average molecular weight is 422 g/mol. The van der Waals surface area contributed by atoms with Gasteiger partial charge in [-0.3, -0.25) is 4.79 Å². The molecule has 0 spiro atoms. The molecular formula is C17H21Cl2NO5S. The molecule has 0 bridgehead atoms. The smallest absolute Gasteiger partial charge is 0.341 e.